The highest BCUT2D eigenvalue weighted by atomic mass is 32.2. The molecule has 0 aromatic heterocycles. The molecule has 0 spiro atoms. The number of rotatable bonds is 5. The van der Waals surface area contributed by atoms with Crippen LogP contribution in [0.4, 0.5) is 0 Å². The van der Waals surface area contributed by atoms with Gasteiger partial charge in [0.15, 0.2) is 0 Å². The fraction of sp³-hybridized carbons (Fsp3) is 0.500. The number of benzene rings is 1. The monoisotopic (exact) mass is 248 g/mol. The van der Waals surface area contributed by atoms with Gasteiger partial charge in [-0.15, -0.1) is 11.8 Å². The van der Waals surface area contributed by atoms with Crippen molar-refractivity contribution in [1.29, 1.82) is 5.41 Å². The molecule has 3 N–H and O–H groups in total. The molecule has 2 rings (SSSR count). The first-order valence-electron chi connectivity index (χ1n) is 6.30. The van der Waals surface area contributed by atoms with Crippen LogP contribution in [0.25, 0.3) is 0 Å². The summed E-state index contributed by atoms with van der Waals surface area (Å²) in [6.45, 7) is 2.16. The SMILES string of the molecule is CCC(CC(=N)N)Sc1ccc2c(c1)CCC2. The number of fused-ring (bicyclic) bond motifs is 1. The molecule has 1 aliphatic carbocycles. The zero-order valence-corrected chi connectivity index (χ0v) is 11.1. The predicted octanol–water partition coefficient (Wildman–Crippen LogP) is 3.37. The van der Waals surface area contributed by atoms with Crippen LogP contribution in [0.15, 0.2) is 23.1 Å². The number of nitrogens with one attached hydrogen (secondary N) is 1. The van der Waals surface area contributed by atoms with Crippen LogP contribution in [0.2, 0.25) is 0 Å². The van der Waals surface area contributed by atoms with Gasteiger partial charge in [0.2, 0.25) is 0 Å². The number of aryl methyl sites for hydroxylation is 2. The molecule has 1 unspecified atom stereocenters. The van der Waals surface area contributed by atoms with Crippen LogP contribution in [0.1, 0.15) is 37.3 Å². The van der Waals surface area contributed by atoms with E-state index < -0.39 is 0 Å². The van der Waals surface area contributed by atoms with Gasteiger partial charge in [0.1, 0.15) is 0 Å². The lowest BCUT2D eigenvalue weighted by atomic mass is 10.1. The van der Waals surface area contributed by atoms with Crippen LogP contribution < -0.4 is 5.73 Å². The van der Waals surface area contributed by atoms with Crippen LogP contribution >= 0.6 is 11.8 Å². The van der Waals surface area contributed by atoms with Crippen molar-refractivity contribution >= 4 is 17.6 Å². The summed E-state index contributed by atoms with van der Waals surface area (Å²) in [5.74, 6) is 0.297. The van der Waals surface area contributed by atoms with Crippen molar-refractivity contribution in [3.8, 4) is 0 Å². The van der Waals surface area contributed by atoms with E-state index in [4.69, 9.17) is 11.1 Å². The van der Waals surface area contributed by atoms with Gasteiger partial charge in [-0.25, -0.2) is 0 Å². The van der Waals surface area contributed by atoms with Crippen LogP contribution in [-0.4, -0.2) is 11.1 Å². The molecule has 1 aromatic carbocycles. The topological polar surface area (TPSA) is 49.9 Å². The van der Waals surface area contributed by atoms with E-state index in [2.05, 4.69) is 25.1 Å². The summed E-state index contributed by atoms with van der Waals surface area (Å²) >= 11 is 1.86. The molecule has 0 aliphatic heterocycles. The molecular weight excluding hydrogens is 228 g/mol. The summed E-state index contributed by atoms with van der Waals surface area (Å²) < 4.78 is 0. The van der Waals surface area contributed by atoms with Crippen molar-refractivity contribution < 1.29 is 0 Å². The highest BCUT2D eigenvalue weighted by Crippen LogP contribution is 2.31. The Morgan fingerprint density at radius 2 is 2.18 bits per heavy atom. The number of nitrogens with two attached hydrogens (primary N) is 1. The first-order valence-corrected chi connectivity index (χ1v) is 7.18. The van der Waals surface area contributed by atoms with Crippen molar-refractivity contribution in [2.75, 3.05) is 0 Å². The fourth-order valence-corrected chi connectivity index (χ4v) is 3.50. The van der Waals surface area contributed by atoms with Crippen molar-refractivity contribution in [2.45, 2.75) is 49.2 Å². The zero-order valence-electron chi connectivity index (χ0n) is 10.3. The number of amidine groups is 1. The summed E-state index contributed by atoms with van der Waals surface area (Å²) in [7, 11) is 0. The Kier molecular flexibility index (Phi) is 4.11. The van der Waals surface area contributed by atoms with E-state index in [1.54, 1.807) is 0 Å². The first kappa shape index (κ1) is 12.5. The average Bonchev–Trinajstić information content (AvgIpc) is 2.74. The van der Waals surface area contributed by atoms with E-state index in [1.807, 2.05) is 11.8 Å². The Morgan fingerprint density at radius 3 is 2.88 bits per heavy atom. The summed E-state index contributed by atoms with van der Waals surface area (Å²) in [5.41, 5.74) is 8.53. The number of hydrogen-bond acceptors (Lipinski definition) is 2. The largest absolute Gasteiger partial charge is 0.388 e. The number of thioether (sulfide) groups is 1. The molecule has 2 nitrogen and oxygen atoms in total. The normalized spacial score (nSPS) is 15.6. The smallest absolute Gasteiger partial charge is 0.0916 e. The average molecular weight is 248 g/mol. The van der Waals surface area contributed by atoms with Crippen molar-refractivity contribution in [1.82, 2.24) is 0 Å². The maximum atomic E-state index is 7.38. The lowest BCUT2D eigenvalue weighted by Crippen LogP contribution is -2.16. The minimum absolute atomic E-state index is 0.297. The van der Waals surface area contributed by atoms with Gasteiger partial charge in [-0.2, -0.15) is 0 Å². The minimum atomic E-state index is 0.297. The molecule has 0 radical (unpaired) electrons. The molecule has 0 bridgehead atoms. The van der Waals surface area contributed by atoms with Gasteiger partial charge in [-0.3, -0.25) is 5.41 Å². The summed E-state index contributed by atoms with van der Waals surface area (Å²) in [4.78, 5) is 1.33. The Labute approximate surface area is 107 Å². The molecule has 0 saturated carbocycles. The zero-order chi connectivity index (χ0) is 12.3. The van der Waals surface area contributed by atoms with Gasteiger partial charge in [0, 0.05) is 16.6 Å². The molecule has 1 aromatic rings. The summed E-state index contributed by atoms with van der Waals surface area (Å²) in [6.07, 6.45) is 5.52. The summed E-state index contributed by atoms with van der Waals surface area (Å²) in [6, 6.07) is 6.82. The molecule has 0 heterocycles. The molecule has 92 valence electrons. The maximum absolute atomic E-state index is 7.38. The van der Waals surface area contributed by atoms with E-state index in [1.165, 1.54) is 35.3 Å². The molecule has 1 aliphatic rings. The lowest BCUT2D eigenvalue weighted by molar-refractivity contribution is 0.848. The summed E-state index contributed by atoms with van der Waals surface area (Å²) in [5, 5.41) is 7.82. The van der Waals surface area contributed by atoms with E-state index in [0.29, 0.717) is 17.5 Å². The number of hydrogen-bond donors (Lipinski definition) is 2. The third-order valence-corrected chi connectivity index (χ3v) is 4.64. The van der Waals surface area contributed by atoms with Gasteiger partial charge < -0.3 is 5.73 Å². The van der Waals surface area contributed by atoms with Crippen molar-refractivity contribution in [3.63, 3.8) is 0 Å². The van der Waals surface area contributed by atoms with Crippen LogP contribution in [0, 0.1) is 5.41 Å². The van der Waals surface area contributed by atoms with Crippen LogP contribution in [-0.2, 0) is 12.8 Å². The van der Waals surface area contributed by atoms with Gasteiger partial charge in [0.25, 0.3) is 0 Å². The Morgan fingerprint density at radius 1 is 1.41 bits per heavy atom. The van der Waals surface area contributed by atoms with Gasteiger partial charge >= 0.3 is 0 Å². The van der Waals surface area contributed by atoms with E-state index in [-0.39, 0.29) is 0 Å². The second-order valence-electron chi connectivity index (χ2n) is 4.66. The Balaban J connectivity index is 2.04. The maximum Gasteiger partial charge on any atom is 0.0916 e. The van der Waals surface area contributed by atoms with E-state index >= 15 is 0 Å². The van der Waals surface area contributed by atoms with Crippen molar-refractivity contribution in [2.24, 2.45) is 5.73 Å². The van der Waals surface area contributed by atoms with Crippen LogP contribution in [0.5, 0.6) is 0 Å². The highest BCUT2D eigenvalue weighted by Gasteiger charge is 2.14. The molecule has 1 atom stereocenters. The molecule has 0 saturated heterocycles. The van der Waals surface area contributed by atoms with Crippen molar-refractivity contribution in [3.05, 3.63) is 29.3 Å². The lowest BCUT2D eigenvalue weighted by Gasteiger charge is -2.14. The fourth-order valence-electron chi connectivity index (χ4n) is 2.33. The molecule has 17 heavy (non-hydrogen) atoms. The van der Waals surface area contributed by atoms with Gasteiger partial charge in [-0.05, 0) is 48.9 Å². The van der Waals surface area contributed by atoms with E-state index in [9.17, 15) is 0 Å². The van der Waals surface area contributed by atoms with Gasteiger partial charge in [0.05, 0.1) is 5.84 Å². The third kappa shape index (κ3) is 3.25. The second-order valence-corrected chi connectivity index (χ2v) is 6.04. The minimum Gasteiger partial charge on any atom is -0.388 e. The quantitative estimate of drug-likeness (QED) is 0.477. The molecular formula is C14H20N2S. The third-order valence-electron chi connectivity index (χ3n) is 3.28. The standard InChI is InChI=1S/C14H20N2S/c1-2-12(9-14(15)16)17-13-7-6-10-4-3-5-11(10)8-13/h6-8,12H,2-5,9H2,1H3,(H3,15,16). The Bertz CT molecular complexity index is 415. The molecule has 0 fully saturated rings. The highest BCUT2D eigenvalue weighted by molar-refractivity contribution is 8.00. The Hall–Kier alpha value is -0.960. The van der Waals surface area contributed by atoms with Gasteiger partial charge in [-0.1, -0.05) is 13.0 Å². The molecule has 3 heteroatoms. The predicted molar refractivity (Wildman–Crippen MR) is 74.9 cm³/mol. The van der Waals surface area contributed by atoms with Crippen LogP contribution in [0.3, 0.4) is 0 Å². The second kappa shape index (κ2) is 5.58. The molecule has 0 amide bonds. The first-order chi connectivity index (χ1) is 8.19. The van der Waals surface area contributed by atoms with E-state index in [0.717, 1.165) is 6.42 Å².